The van der Waals surface area contributed by atoms with Gasteiger partial charge in [0.05, 0.1) is 11.8 Å². The first kappa shape index (κ1) is 16.8. The van der Waals surface area contributed by atoms with E-state index in [0.717, 1.165) is 18.4 Å². The van der Waals surface area contributed by atoms with Gasteiger partial charge in [-0.25, -0.2) is 8.42 Å². The first-order valence-corrected chi connectivity index (χ1v) is 10.6. The molecule has 3 rings (SSSR count). The molecule has 0 N–H and O–H groups in total. The van der Waals surface area contributed by atoms with Crippen LogP contribution in [0.15, 0.2) is 18.2 Å². The lowest BCUT2D eigenvalue weighted by molar-refractivity contribution is -0.129. The van der Waals surface area contributed by atoms with E-state index in [-0.39, 0.29) is 30.0 Å². The molecule has 126 valence electrons. The fourth-order valence-corrected chi connectivity index (χ4v) is 5.09. The van der Waals surface area contributed by atoms with Crippen molar-refractivity contribution in [2.45, 2.75) is 45.1 Å². The molecule has 1 amide bonds. The Morgan fingerprint density at radius 3 is 2.65 bits per heavy atom. The van der Waals surface area contributed by atoms with Crippen molar-refractivity contribution in [3.63, 3.8) is 0 Å². The zero-order valence-corrected chi connectivity index (χ0v) is 14.9. The Morgan fingerprint density at radius 2 is 1.96 bits per heavy atom. The molecule has 0 bridgehead atoms. The molecular formula is C17H22ClNO3S. The van der Waals surface area contributed by atoms with Crippen molar-refractivity contribution >= 4 is 25.6 Å². The lowest BCUT2D eigenvalue weighted by Crippen LogP contribution is -2.29. The number of amides is 1. The van der Waals surface area contributed by atoms with E-state index in [2.05, 4.69) is 18.2 Å². The van der Waals surface area contributed by atoms with Gasteiger partial charge in [-0.1, -0.05) is 18.2 Å². The van der Waals surface area contributed by atoms with E-state index >= 15 is 0 Å². The van der Waals surface area contributed by atoms with Crippen LogP contribution in [0.3, 0.4) is 0 Å². The summed E-state index contributed by atoms with van der Waals surface area (Å²) in [6.07, 6.45) is 4.99. The lowest BCUT2D eigenvalue weighted by Gasteiger charge is -2.27. The summed E-state index contributed by atoms with van der Waals surface area (Å²) in [5.41, 5.74) is 3.95. The summed E-state index contributed by atoms with van der Waals surface area (Å²) in [5, 5.41) is 0. The number of hydrogen-bond donors (Lipinski definition) is 0. The van der Waals surface area contributed by atoms with E-state index in [0.29, 0.717) is 6.54 Å². The van der Waals surface area contributed by atoms with Crippen molar-refractivity contribution in [1.82, 2.24) is 4.90 Å². The van der Waals surface area contributed by atoms with E-state index in [9.17, 15) is 13.2 Å². The third-order valence-corrected chi connectivity index (χ3v) is 6.24. The number of rotatable bonds is 4. The number of hydrogen-bond acceptors (Lipinski definition) is 3. The normalized spacial score (nSPS) is 23.0. The van der Waals surface area contributed by atoms with Crippen LogP contribution >= 0.6 is 10.7 Å². The Bertz CT molecular complexity index is 717. The first-order chi connectivity index (χ1) is 10.8. The molecule has 1 aliphatic carbocycles. The summed E-state index contributed by atoms with van der Waals surface area (Å²) >= 11 is 0. The Hall–Kier alpha value is -1.07. The molecule has 0 aromatic heterocycles. The van der Waals surface area contributed by atoms with Crippen LogP contribution in [-0.4, -0.2) is 31.5 Å². The largest absolute Gasteiger partial charge is 0.336 e. The van der Waals surface area contributed by atoms with Crippen LogP contribution in [0.4, 0.5) is 0 Å². The van der Waals surface area contributed by atoms with Crippen LogP contribution in [0, 0.1) is 5.92 Å². The smallest absolute Gasteiger partial charge is 0.232 e. The Balaban J connectivity index is 1.75. The molecule has 1 fully saturated rings. The molecule has 0 radical (unpaired) electrons. The molecule has 1 saturated heterocycles. The summed E-state index contributed by atoms with van der Waals surface area (Å²) in [6, 6.07) is 6.48. The molecule has 4 nitrogen and oxygen atoms in total. The summed E-state index contributed by atoms with van der Waals surface area (Å²) in [4.78, 5) is 14.1. The predicted molar refractivity (Wildman–Crippen MR) is 91.0 cm³/mol. The lowest BCUT2D eigenvalue weighted by atomic mass is 9.89. The minimum Gasteiger partial charge on any atom is -0.336 e. The summed E-state index contributed by atoms with van der Waals surface area (Å²) < 4.78 is 22.5. The van der Waals surface area contributed by atoms with E-state index < -0.39 is 9.05 Å². The molecule has 1 aromatic rings. The maximum atomic E-state index is 12.3. The van der Waals surface area contributed by atoms with Gasteiger partial charge in [-0.05, 0) is 49.3 Å². The van der Waals surface area contributed by atoms with Crippen molar-refractivity contribution in [1.29, 1.82) is 0 Å². The molecule has 2 aliphatic rings. The van der Waals surface area contributed by atoms with E-state index in [1.165, 1.54) is 24.0 Å². The van der Waals surface area contributed by atoms with Crippen LogP contribution < -0.4 is 0 Å². The first-order valence-electron chi connectivity index (χ1n) is 8.17. The number of nitrogens with zero attached hydrogens (tertiary/aromatic N) is 1. The second-order valence-corrected chi connectivity index (χ2v) is 9.55. The van der Waals surface area contributed by atoms with Crippen LogP contribution in [0.2, 0.25) is 0 Å². The Morgan fingerprint density at radius 1 is 1.26 bits per heavy atom. The zero-order chi connectivity index (χ0) is 16.6. The van der Waals surface area contributed by atoms with Crippen molar-refractivity contribution in [3.8, 4) is 0 Å². The third-order valence-electron chi connectivity index (χ3n) is 5.00. The van der Waals surface area contributed by atoms with Crippen molar-refractivity contribution in [2.24, 2.45) is 5.92 Å². The minimum atomic E-state index is -3.56. The standard InChI is InChI=1S/C17H22ClNO3S/c1-12(15-7-6-14-4-2-3-5-16(14)9-15)19-10-13(8-17(19)20)11-23(18,21)22/h6-7,9,12-13H,2-5,8,10-11H2,1H3. The Labute approximate surface area is 142 Å². The van der Waals surface area contributed by atoms with Crippen molar-refractivity contribution in [3.05, 3.63) is 34.9 Å². The average molecular weight is 356 g/mol. The van der Waals surface area contributed by atoms with Gasteiger partial charge in [0, 0.05) is 29.6 Å². The molecular weight excluding hydrogens is 334 g/mol. The van der Waals surface area contributed by atoms with Gasteiger partial charge >= 0.3 is 0 Å². The Kier molecular flexibility index (Phi) is 4.70. The molecule has 0 spiro atoms. The highest BCUT2D eigenvalue weighted by Crippen LogP contribution is 2.32. The number of fused-ring (bicyclic) bond motifs is 1. The monoisotopic (exact) mass is 355 g/mol. The van der Waals surface area contributed by atoms with E-state index in [1.54, 1.807) is 4.90 Å². The highest BCUT2D eigenvalue weighted by atomic mass is 35.7. The number of carbonyl (C=O) groups excluding carboxylic acids is 1. The third kappa shape index (κ3) is 3.89. The number of benzene rings is 1. The molecule has 1 aliphatic heterocycles. The molecule has 2 atom stereocenters. The topological polar surface area (TPSA) is 54.5 Å². The maximum Gasteiger partial charge on any atom is 0.232 e. The van der Waals surface area contributed by atoms with Gasteiger partial charge in [0.2, 0.25) is 15.0 Å². The SMILES string of the molecule is CC(c1ccc2c(c1)CCCC2)N1CC(CS(=O)(=O)Cl)CC1=O. The van der Waals surface area contributed by atoms with Gasteiger partial charge in [-0.3, -0.25) is 4.79 Å². The van der Waals surface area contributed by atoms with Gasteiger partial charge in [0.15, 0.2) is 0 Å². The number of halogens is 1. The van der Waals surface area contributed by atoms with Gasteiger partial charge in [-0.15, -0.1) is 0 Å². The molecule has 23 heavy (non-hydrogen) atoms. The van der Waals surface area contributed by atoms with Crippen LogP contribution in [0.25, 0.3) is 0 Å². The molecule has 0 saturated carbocycles. The second kappa shape index (κ2) is 6.44. The second-order valence-electron chi connectivity index (χ2n) is 6.73. The summed E-state index contributed by atoms with van der Waals surface area (Å²) in [5.74, 6) is -0.320. The molecule has 6 heteroatoms. The van der Waals surface area contributed by atoms with Gasteiger partial charge in [0.25, 0.3) is 0 Å². The average Bonchev–Trinajstić information content (AvgIpc) is 2.84. The van der Waals surface area contributed by atoms with E-state index in [4.69, 9.17) is 10.7 Å². The fourth-order valence-electron chi connectivity index (χ4n) is 3.77. The van der Waals surface area contributed by atoms with E-state index in [1.807, 2.05) is 6.92 Å². The number of likely N-dealkylation sites (tertiary alicyclic amines) is 1. The highest BCUT2D eigenvalue weighted by molar-refractivity contribution is 8.13. The summed E-state index contributed by atoms with van der Waals surface area (Å²) in [7, 11) is 1.76. The molecule has 2 unspecified atom stereocenters. The number of carbonyl (C=O) groups is 1. The fraction of sp³-hybridized carbons (Fsp3) is 0.588. The van der Waals surface area contributed by atoms with Crippen LogP contribution in [-0.2, 0) is 26.7 Å². The van der Waals surface area contributed by atoms with Crippen LogP contribution in [0.5, 0.6) is 0 Å². The number of aryl methyl sites for hydroxylation is 2. The molecule has 1 heterocycles. The zero-order valence-electron chi connectivity index (χ0n) is 13.3. The van der Waals surface area contributed by atoms with Crippen molar-refractivity contribution in [2.75, 3.05) is 12.3 Å². The molecule has 1 aromatic carbocycles. The quantitative estimate of drug-likeness (QED) is 0.780. The maximum absolute atomic E-state index is 12.3. The highest BCUT2D eigenvalue weighted by Gasteiger charge is 2.35. The van der Waals surface area contributed by atoms with Crippen molar-refractivity contribution < 1.29 is 13.2 Å². The van der Waals surface area contributed by atoms with Gasteiger partial charge < -0.3 is 4.90 Å². The minimum absolute atomic E-state index is 0.0144. The van der Waals surface area contributed by atoms with Crippen LogP contribution in [0.1, 0.15) is 48.9 Å². The summed E-state index contributed by atoms with van der Waals surface area (Å²) in [6.45, 7) is 2.48. The van der Waals surface area contributed by atoms with Gasteiger partial charge in [0.1, 0.15) is 0 Å². The predicted octanol–water partition coefficient (Wildman–Crippen LogP) is 3.04. The van der Waals surface area contributed by atoms with Gasteiger partial charge in [-0.2, -0.15) is 0 Å².